The van der Waals surface area contributed by atoms with Gasteiger partial charge in [-0.1, -0.05) is 30.3 Å². The molecule has 1 saturated carbocycles. The lowest BCUT2D eigenvalue weighted by Gasteiger charge is -2.24. The van der Waals surface area contributed by atoms with Crippen LogP contribution in [0.1, 0.15) is 18.4 Å². The average Bonchev–Trinajstić information content (AvgIpc) is 3.28. The molecule has 3 heteroatoms. The number of rotatable bonds is 5. The quantitative estimate of drug-likeness (QED) is 0.833. The monoisotopic (exact) mass is 253 g/mol. The van der Waals surface area contributed by atoms with E-state index in [0.29, 0.717) is 12.6 Å². The van der Waals surface area contributed by atoms with Gasteiger partial charge in [-0.05, 0) is 23.8 Å². The maximum atomic E-state index is 5.80. The third kappa shape index (κ3) is 2.22. The first-order chi connectivity index (χ1) is 9.35. The summed E-state index contributed by atoms with van der Waals surface area (Å²) in [5.41, 5.74) is 6.91. The van der Waals surface area contributed by atoms with E-state index in [4.69, 9.17) is 5.73 Å². The van der Waals surface area contributed by atoms with Crippen molar-refractivity contribution in [1.29, 1.82) is 0 Å². The van der Waals surface area contributed by atoms with Crippen molar-refractivity contribution in [1.82, 2.24) is 4.98 Å². The van der Waals surface area contributed by atoms with Gasteiger partial charge in [0.1, 0.15) is 5.82 Å². The molecule has 1 aromatic heterocycles. The summed E-state index contributed by atoms with van der Waals surface area (Å²) in [4.78, 5) is 7.01. The molecule has 1 heterocycles. The minimum Gasteiger partial charge on any atom is -0.349 e. The summed E-state index contributed by atoms with van der Waals surface area (Å²) in [6.07, 6.45) is 6.37. The zero-order valence-electron chi connectivity index (χ0n) is 11.0. The van der Waals surface area contributed by atoms with E-state index in [2.05, 4.69) is 40.7 Å². The molecule has 2 aromatic rings. The summed E-state index contributed by atoms with van der Waals surface area (Å²) >= 11 is 0. The van der Waals surface area contributed by atoms with Gasteiger partial charge in [0.2, 0.25) is 0 Å². The van der Waals surface area contributed by atoms with Crippen molar-refractivity contribution in [2.24, 2.45) is 5.73 Å². The fraction of sp³-hybridized carbons (Fsp3) is 0.312. The van der Waals surface area contributed by atoms with Crippen LogP contribution in [-0.4, -0.2) is 17.6 Å². The zero-order valence-corrected chi connectivity index (χ0v) is 11.0. The van der Waals surface area contributed by atoms with Crippen LogP contribution < -0.4 is 10.6 Å². The molecule has 2 N–H and O–H groups in total. The lowest BCUT2D eigenvalue weighted by molar-refractivity contribution is 0.845. The zero-order chi connectivity index (χ0) is 13.2. The van der Waals surface area contributed by atoms with E-state index in [1.807, 2.05) is 12.3 Å². The number of nitrogens with two attached hydrogens (primary N) is 1. The van der Waals surface area contributed by atoms with E-state index in [0.717, 1.165) is 17.9 Å². The van der Waals surface area contributed by atoms with Crippen LogP contribution in [0.4, 0.5) is 5.82 Å². The molecule has 0 spiro atoms. The molecule has 1 aliphatic rings. The highest BCUT2D eigenvalue weighted by molar-refractivity contribution is 5.94. The van der Waals surface area contributed by atoms with E-state index in [-0.39, 0.29) is 0 Å². The second-order valence-corrected chi connectivity index (χ2v) is 5.03. The molecule has 1 aromatic carbocycles. The van der Waals surface area contributed by atoms with Crippen molar-refractivity contribution >= 4 is 16.6 Å². The SMILES string of the molecule is C=CCN(c1ncc(CN)c2ccccc12)C1CC1. The highest BCUT2D eigenvalue weighted by atomic mass is 15.2. The van der Waals surface area contributed by atoms with Crippen LogP contribution in [0.3, 0.4) is 0 Å². The van der Waals surface area contributed by atoms with Gasteiger partial charge >= 0.3 is 0 Å². The number of hydrogen-bond donors (Lipinski definition) is 1. The predicted octanol–water partition coefficient (Wildman–Crippen LogP) is 2.85. The Morgan fingerprint density at radius 1 is 1.32 bits per heavy atom. The number of nitrogens with zero attached hydrogens (tertiary/aromatic N) is 2. The van der Waals surface area contributed by atoms with Crippen LogP contribution in [0.5, 0.6) is 0 Å². The third-order valence-corrected chi connectivity index (χ3v) is 3.66. The van der Waals surface area contributed by atoms with E-state index in [9.17, 15) is 0 Å². The Morgan fingerprint density at radius 3 is 2.68 bits per heavy atom. The highest BCUT2D eigenvalue weighted by Gasteiger charge is 2.30. The molecule has 0 saturated heterocycles. The minimum atomic E-state index is 0.526. The number of hydrogen-bond acceptors (Lipinski definition) is 3. The lowest BCUT2D eigenvalue weighted by Crippen LogP contribution is -2.27. The second kappa shape index (κ2) is 5.02. The Labute approximate surface area is 113 Å². The van der Waals surface area contributed by atoms with Gasteiger partial charge in [-0.15, -0.1) is 6.58 Å². The van der Waals surface area contributed by atoms with Gasteiger partial charge in [-0.2, -0.15) is 0 Å². The Hall–Kier alpha value is -1.87. The number of fused-ring (bicyclic) bond motifs is 1. The molecule has 3 rings (SSSR count). The summed E-state index contributed by atoms with van der Waals surface area (Å²) in [6.45, 7) is 5.24. The molecular weight excluding hydrogens is 234 g/mol. The smallest absolute Gasteiger partial charge is 0.136 e. The summed E-state index contributed by atoms with van der Waals surface area (Å²) in [5, 5.41) is 2.41. The van der Waals surface area contributed by atoms with Crippen LogP contribution in [0, 0.1) is 0 Å². The third-order valence-electron chi connectivity index (χ3n) is 3.66. The fourth-order valence-electron chi connectivity index (χ4n) is 2.56. The van der Waals surface area contributed by atoms with Gasteiger partial charge in [0.15, 0.2) is 0 Å². The largest absolute Gasteiger partial charge is 0.349 e. The molecule has 0 radical (unpaired) electrons. The van der Waals surface area contributed by atoms with Gasteiger partial charge < -0.3 is 10.6 Å². The molecule has 1 aliphatic carbocycles. The van der Waals surface area contributed by atoms with Gasteiger partial charge in [0, 0.05) is 30.7 Å². The van der Waals surface area contributed by atoms with Gasteiger partial charge in [-0.25, -0.2) is 4.98 Å². The fourth-order valence-corrected chi connectivity index (χ4v) is 2.56. The van der Waals surface area contributed by atoms with Crippen molar-refractivity contribution in [3.05, 3.63) is 48.7 Å². The van der Waals surface area contributed by atoms with Gasteiger partial charge in [0.05, 0.1) is 0 Å². The summed E-state index contributed by atoms with van der Waals surface area (Å²) in [5.74, 6) is 1.07. The molecule has 0 atom stereocenters. The Balaban J connectivity index is 2.15. The van der Waals surface area contributed by atoms with Crippen LogP contribution in [0.2, 0.25) is 0 Å². The number of anilines is 1. The van der Waals surface area contributed by atoms with Crippen molar-refractivity contribution in [2.45, 2.75) is 25.4 Å². The highest BCUT2D eigenvalue weighted by Crippen LogP contribution is 2.35. The van der Waals surface area contributed by atoms with Crippen molar-refractivity contribution in [3.8, 4) is 0 Å². The molecule has 0 bridgehead atoms. The Kier molecular flexibility index (Phi) is 3.22. The van der Waals surface area contributed by atoms with E-state index in [1.165, 1.54) is 23.6 Å². The van der Waals surface area contributed by atoms with Crippen molar-refractivity contribution in [2.75, 3.05) is 11.4 Å². The van der Waals surface area contributed by atoms with Crippen LogP contribution in [0.15, 0.2) is 43.1 Å². The predicted molar refractivity (Wildman–Crippen MR) is 80.2 cm³/mol. The first-order valence-corrected chi connectivity index (χ1v) is 6.79. The van der Waals surface area contributed by atoms with E-state index < -0.39 is 0 Å². The maximum absolute atomic E-state index is 5.80. The van der Waals surface area contributed by atoms with Crippen molar-refractivity contribution in [3.63, 3.8) is 0 Å². The molecule has 1 fully saturated rings. The standard InChI is InChI=1S/C16H19N3/c1-2-9-19(13-7-8-13)16-15-6-4-3-5-14(15)12(10-17)11-18-16/h2-6,11,13H,1,7-10,17H2. The van der Waals surface area contributed by atoms with Crippen LogP contribution >= 0.6 is 0 Å². The first kappa shape index (κ1) is 12.2. The molecular formula is C16H19N3. The number of aromatic nitrogens is 1. The molecule has 3 nitrogen and oxygen atoms in total. The van der Waals surface area contributed by atoms with Crippen molar-refractivity contribution < 1.29 is 0 Å². The summed E-state index contributed by atoms with van der Waals surface area (Å²) < 4.78 is 0. The molecule has 0 amide bonds. The van der Waals surface area contributed by atoms with Gasteiger partial charge in [0.25, 0.3) is 0 Å². The van der Waals surface area contributed by atoms with E-state index in [1.54, 1.807) is 0 Å². The molecule has 19 heavy (non-hydrogen) atoms. The van der Waals surface area contributed by atoms with Gasteiger partial charge in [-0.3, -0.25) is 0 Å². The number of pyridine rings is 1. The van der Waals surface area contributed by atoms with Crippen LogP contribution in [-0.2, 0) is 6.54 Å². The number of benzene rings is 1. The average molecular weight is 253 g/mol. The summed E-state index contributed by atoms with van der Waals surface area (Å²) in [7, 11) is 0. The normalized spacial score (nSPS) is 14.6. The van der Waals surface area contributed by atoms with E-state index >= 15 is 0 Å². The maximum Gasteiger partial charge on any atom is 0.136 e. The van der Waals surface area contributed by atoms with Crippen LogP contribution in [0.25, 0.3) is 10.8 Å². The lowest BCUT2D eigenvalue weighted by atomic mass is 10.1. The molecule has 0 aliphatic heterocycles. The molecule has 0 unspecified atom stereocenters. The topological polar surface area (TPSA) is 42.2 Å². The Morgan fingerprint density at radius 2 is 2.05 bits per heavy atom. The second-order valence-electron chi connectivity index (χ2n) is 5.03. The summed E-state index contributed by atoms with van der Waals surface area (Å²) in [6, 6.07) is 9.00. The first-order valence-electron chi connectivity index (χ1n) is 6.79. The Bertz CT molecular complexity index is 602. The molecule has 98 valence electrons. The minimum absolute atomic E-state index is 0.526.